The minimum atomic E-state index is -4.64. The fourth-order valence-corrected chi connectivity index (χ4v) is 6.19. The van der Waals surface area contributed by atoms with Crippen molar-refractivity contribution >= 4 is 45.1 Å². The number of aryl methyl sites for hydroxylation is 1. The van der Waals surface area contributed by atoms with Crippen molar-refractivity contribution in [3.63, 3.8) is 0 Å². The molecule has 0 spiro atoms. The number of amides is 3. The lowest BCUT2D eigenvalue weighted by atomic mass is 10.1. The highest BCUT2D eigenvalue weighted by atomic mass is 32.2. The Morgan fingerprint density at radius 1 is 1.14 bits per heavy atom. The first-order valence-electron chi connectivity index (χ1n) is 13.1. The van der Waals surface area contributed by atoms with E-state index in [4.69, 9.17) is 17.2 Å². The van der Waals surface area contributed by atoms with Gasteiger partial charge in [-0.05, 0) is 56.9 Å². The number of rotatable bonds is 12. The number of anilines is 1. The lowest BCUT2D eigenvalue weighted by Gasteiger charge is -2.34. The third kappa shape index (κ3) is 7.58. The Labute approximate surface area is 242 Å². The number of guanidine groups is 1. The SMILES string of the molecule is Cc1ccc(S(=O)(=O)N(C(=O)[C@@H]2CCCN2C(=O)CN)[C@@H](CCCN=C(N)N)C(=O)Nc2ccc([N+](=O)[O-])cc2)cc1. The van der Waals surface area contributed by atoms with Gasteiger partial charge in [0.15, 0.2) is 5.96 Å². The number of nitrogens with two attached hydrogens (primary N) is 3. The van der Waals surface area contributed by atoms with Crippen LogP contribution in [0.3, 0.4) is 0 Å². The molecule has 2 atom stereocenters. The molecule has 0 unspecified atom stereocenters. The van der Waals surface area contributed by atoms with Gasteiger partial charge in [-0.1, -0.05) is 17.7 Å². The topological polar surface area (TPSA) is 237 Å². The lowest BCUT2D eigenvalue weighted by Crippen LogP contribution is -2.56. The van der Waals surface area contributed by atoms with E-state index < -0.39 is 44.8 Å². The Kier molecular flexibility index (Phi) is 10.5. The number of nitrogens with zero attached hydrogens (tertiary/aromatic N) is 4. The molecule has 1 fully saturated rings. The molecular formula is C26H34N8O7S. The number of sulfonamides is 1. The predicted molar refractivity (Wildman–Crippen MR) is 154 cm³/mol. The lowest BCUT2D eigenvalue weighted by molar-refractivity contribution is -0.384. The van der Waals surface area contributed by atoms with Crippen LogP contribution in [0, 0.1) is 17.0 Å². The quantitative estimate of drug-likeness (QED) is 0.0859. The first kappa shape index (κ1) is 32.0. The number of likely N-dealkylation sites (tertiary alicyclic amines) is 1. The summed E-state index contributed by atoms with van der Waals surface area (Å²) in [6.45, 7) is 1.63. The molecule has 226 valence electrons. The van der Waals surface area contributed by atoms with Gasteiger partial charge in [0, 0.05) is 30.9 Å². The monoisotopic (exact) mass is 602 g/mol. The molecule has 0 radical (unpaired) electrons. The second-order valence-electron chi connectivity index (χ2n) is 9.66. The molecule has 1 aliphatic heterocycles. The number of hydrogen-bond donors (Lipinski definition) is 4. The van der Waals surface area contributed by atoms with E-state index >= 15 is 0 Å². The summed E-state index contributed by atoms with van der Waals surface area (Å²) in [6, 6.07) is 7.92. The third-order valence-electron chi connectivity index (χ3n) is 6.69. The zero-order valence-corrected chi connectivity index (χ0v) is 23.8. The molecule has 0 saturated carbocycles. The first-order valence-corrected chi connectivity index (χ1v) is 14.6. The standard InChI is InChI=1S/C26H34N8O7S/c1-17-6-12-20(13-7-17)42(40,41)33(25(37)22-5-3-15-32(22)23(35)16-27)21(4-2-14-30-26(28)29)24(36)31-18-8-10-19(11-9-18)34(38)39/h6-13,21-22H,2-5,14-16,27H2,1H3,(H,31,36)(H4,28,29,30)/t21-,22-/m0/s1. The third-order valence-corrected chi connectivity index (χ3v) is 8.51. The maximum Gasteiger partial charge on any atom is 0.269 e. The maximum absolute atomic E-state index is 14.1. The van der Waals surface area contributed by atoms with Gasteiger partial charge in [0.1, 0.15) is 12.1 Å². The number of carbonyl (C=O) groups is 3. The maximum atomic E-state index is 14.1. The van der Waals surface area contributed by atoms with Crippen LogP contribution in [-0.2, 0) is 24.4 Å². The highest BCUT2D eigenvalue weighted by Gasteiger charge is 2.45. The summed E-state index contributed by atoms with van der Waals surface area (Å²) in [5.41, 5.74) is 17.0. The van der Waals surface area contributed by atoms with Gasteiger partial charge in [-0.3, -0.25) is 29.5 Å². The molecule has 0 aromatic heterocycles. The molecule has 2 aromatic carbocycles. The van der Waals surface area contributed by atoms with Gasteiger partial charge >= 0.3 is 0 Å². The van der Waals surface area contributed by atoms with E-state index in [0.29, 0.717) is 10.7 Å². The number of nitrogens with one attached hydrogen (secondary N) is 1. The smallest absolute Gasteiger partial charge is 0.269 e. The van der Waals surface area contributed by atoms with Gasteiger partial charge in [0.2, 0.25) is 11.8 Å². The number of non-ortho nitro benzene ring substituents is 1. The van der Waals surface area contributed by atoms with Crippen molar-refractivity contribution < 1.29 is 27.7 Å². The molecule has 16 heteroatoms. The minimum absolute atomic E-state index is 0.0392. The van der Waals surface area contributed by atoms with Crippen LogP contribution in [0.2, 0.25) is 0 Å². The van der Waals surface area contributed by atoms with Crippen LogP contribution in [0.15, 0.2) is 58.4 Å². The number of benzene rings is 2. The van der Waals surface area contributed by atoms with Crippen LogP contribution < -0.4 is 22.5 Å². The Bertz CT molecular complexity index is 1440. The van der Waals surface area contributed by atoms with Crippen LogP contribution in [0.1, 0.15) is 31.2 Å². The molecule has 1 heterocycles. The molecule has 15 nitrogen and oxygen atoms in total. The van der Waals surface area contributed by atoms with Crippen LogP contribution in [-0.4, -0.2) is 77.9 Å². The van der Waals surface area contributed by atoms with Crippen molar-refractivity contribution in [2.24, 2.45) is 22.2 Å². The number of nitro benzene ring substituents is 1. The Morgan fingerprint density at radius 2 is 1.79 bits per heavy atom. The van der Waals surface area contributed by atoms with E-state index in [2.05, 4.69) is 10.3 Å². The number of aliphatic imine (C=N–C) groups is 1. The number of hydrogen-bond acceptors (Lipinski definition) is 9. The van der Waals surface area contributed by atoms with E-state index in [1.165, 1.54) is 41.3 Å². The molecule has 0 aliphatic carbocycles. The average Bonchev–Trinajstić information content (AvgIpc) is 3.44. The molecule has 42 heavy (non-hydrogen) atoms. The summed E-state index contributed by atoms with van der Waals surface area (Å²) in [7, 11) is -4.64. The zero-order chi connectivity index (χ0) is 31.0. The highest BCUT2D eigenvalue weighted by molar-refractivity contribution is 7.89. The van der Waals surface area contributed by atoms with E-state index in [0.717, 1.165) is 5.56 Å². The number of nitro groups is 1. The summed E-state index contributed by atoms with van der Waals surface area (Å²) >= 11 is 0. The van der Waals surface area contributed by atoms with Crippen LogP contribution in [0.5, 0.6) is 0 Å². The van der Waals surface area contributed by atoms with Gasteiger partial charge in [-0.25, -0.2) is 12.7 Å². The van der Waals surface area contributed by atoms with Gasteiger partial charge < -0.3 is 27.4 Å². The minimum Gasteiger partial charge on any atom is -0.370 e. The Morgan fingerprint density at radius 3 is 2.36 bits per heavy atom. The van der Waals surface area contributed by atoms with Crippen LogP contribution in [0.4, 0.5) is 11.4 Å². The van der Waals surface area contributed by atoms with Gasteiger partial charge in [0.25, 0.3) is 21.6 Å². The summed E-state index contributed by atoms with van der Waals surface area (Å²) in [5, 5.41) is 13.6. The van der Waals surface area contributed by atoms with Crippen molar-refractivity contribution in [2.45, 2.75) is 49.6 Å². The Balaban J connectivity index is 2.09. The van der Waals surface area contributed by atoms with Gasteiger partial charge in [-0.15, -0.1) is 0 Å². The van der Waals surface area contributed by atoms with Crippen molar-refractivity contribution in [1.29, 1.82) is 0 Å². The van der Waals surface area contributed by atoms with Crippen molar-refractivity contribution in [3.05, 3.63) is 64.2 Å². The summed E-state index contributed by atoms with van der Waals surface area (Å²) < 4.78 is 28.7. The molecule has 3 rings (SSSR count). The fourth-order valence-electron chi connectivity index (χ4n) is 4.59. The van der Waals surface area contributed by atoms with E-state index in [-0.39, 0.29) is 61.1 Å². The molecule has 1 aliphatic rings. The predicted octanol–water partition coefficient (Wildman–Crippen LogP) is 0.431. The average molecular weight is 603 g/mol. The fraction of sp³-hybridized carbons (Fsp3) is 0.385. The van der Waals surface area contributed by atoms with Crippen molar-refractivity contribution in [2.75, 3.05) is 25.0 Å². The molecule has 1 saturated heterocycles. The van der Waals surface area contributed by atoms with E-state index in [9.17, 15) is 32.9 Å². The summed E-state index contributed by atoms with van der Waals surface area (Å²) in [4.78, 5) is 55.7. The van der Waals surface area contributed by atoms with Crippen molar-refractivity contribution in [1.82, 2.24) is 9.21 Å². The highest BCUT2D eigenvalue weighted by Crippen LogP contribution is 2.28. The zero-order valence-electron chi connectivity index (χ0n) is 23.0. The van der Waals surface area contributed by atoms with Gasteiger partial charge in [-0.2, -0.15) is 0 Å². The Hall–Kier alpha value is -4.57. The summed E-state index contributed by atoms with van der Waals surface area (Å²) in [5.74, 6) is -2.56. The first-order chi connectivity index (χ1) is 19.9. The largest absolute Gasteiger partial charge is 0.370 e. The van der Waals surface area contributed by atoms with Crippen LogP contribution >= 0.6 is 0 Å². The van der Waals surface area contributed by atoms with Crippen LogP contribution in [0.25, 0.3) is 0 Å². The normalized spacial score (nSPS) is 15.5. The van der Waals surface area contributed by atoms with Gasteiger partial charge in [0.05, 0.1) is 16.4 Å². The van der Waals surface area contributed by atoms with Crippen molar-refractivity contribution in [3.8, 4) is 0 Å². The second-order valence-corrected chi connectivity index (χ2v) is 11.5. The summed E-state index contributed by atoms with van der Waals surface area (Å²) in [6.07, 6.45) is 0.545. The second kappa shape index (κ2) is 13.9. The molecule has 2 aromatic rings. The molecular weight excluding hydrogens is 568 g/mol. The molecule has 0 bridgehead atoms. The number of carbonyl (C=O) groups excluding carboxylic acids is 3. The van der Waals surface area contributed by atoms with E-state index in [1.807, 2.05) is 0 Å². The van der Waals surface area contributed by atoms with E-state index in [1.54, 1.807) is 19.1 Å². The molecule has 3 amide bonds. The molecule has 7 N–H and O–H groups in total.